The van der Waals surface area contributed by atoms with Gasteiger partial charge in [0.1, 0.15) is 0 Å². The van der Waals surface area contributed by atoms with Gasteiger partial charge in [0.25, 0.3) is 0 Å². The van der Waals surface area contributed by atoms with Crippen LogP contribution in [0.3, 0.4) is 0 Å². The maximum Gasteiger partial charge on any atom is 1.00 e. The maximum absolute atomic E-state index is 10.6. The van der Waals surface area contributed by atoms with Crippen molar-refractivity contribution in [3.05, 3.63) is 23.8 Å². The fourth-order valence-electron chi connectivity index (χ4n) is 0.798. The van der Waals surface area contributed by atoms with Crippen molar-refractivity contribution in [2.24, 2.45) is 0 Å². The van der Waals surface area contributed by atoms with Gasteiger partial charge in [0.05, 0.1) is 0 Å². The van der Waals surface area contributed by atoms with E-state index < -0.39 is 14.2 Å². The molecule has 0 bridgehead atoms. The Morgan fingerprint density at radius 1 is 1.29 bits per heavy atom. The van der Waals surface area contributed by atoms with Gasteiger partial charge in [-0.15, -0.1) is 0 Å². The number of benzene rings is 1. The fraction of sp³-hybridized carbons (Fsp3) is 0.143. The number of hydrogen-bond donors (Lipinski definition) is 1. The summed E-state index contributed by atoms with van der Waals surface area (Å²) < 4.78 is 31.5. The van der Waals surface area contributed by atoms with E-state index in [2.05, 4.69) is 0 Å². The number of aryl methyl sites for hydroxylation is 1. The average Bonchev–Trinajstić information content (AvgIpc) is 1.92. The van der Waals surface area contributed by atoms with Gasteiger partial charge in [0, 0.05) is 0 Å². The second-order valence-electron chi connectivity index (χ2n) is 2.54. The minimum atomic E-state index is -5.24. The summed E-state index contributed by atoms with van der Waals surface area (Å²) in [4.78, 5) is 0. The molecule has 0 heterocycles. The Morgan fingerprint density at radius 2 is 1.79 bits per heavy atom. The molecular weight excluding hydrogens is 267 g/mol. The number of rotatable bonds is 1. The molecule has 0 aliphatic heterocycles. The third-order valence-electron chi connectivity index (χ3n) is 1.58. The summed E-state index contributed by atoms with van der Waals surface area (Å²) in [5.74, 6) is 0. The molecule has 2 N–H and O–H groups in total. The van der Waals surface area contributed by atoms with Crippen LogP contribution in [0.4, 0.5) is 5.69 Å². The van der Waals surface area contributed by atoms with Gasteiger partial charge in [-0.25, -0.2) is 0 Å². The van der Waals surface area contributed by atoms with E-state index in [1.165, 1.54) is 18.2 Å². The van der Waals surface area contributed by atoms with Gasteiger partial charge in [-0.05, 0) is 0 Å². The molecule has 0 saturated heterocycles. The summed E-state index contributed by atoms with van der Waals surface area (Å²) in [5.41, 5.74) is 6.53. The number of hydrogen-bond acceptors (Lipinski definition) is 4. The second kappa shape index (κ2) is 6.79. The molecule has 1 aromatic rings. The molecule has 0 aliphatic rings. The SMILES string of the molecule is Cc1ccc([As](=O)([O-])[O-])cc1N.[Na+].[Na+]. The average molecular weight is 275 g/mol. The molecule has 0 amide bonds. The quantitative estimate of drug-likeness (QED) is 0.407. The van der Waals surface area contributed by atoms with E-state index in [0.29, 0.717) is 5.69 Å². The van der Waals surface area contributed by atoms with Crippen molar-refractivity contribution in [3.63, 3.8) is 0 Å². The van der Waals surface area contributed by atoms with Crippen molar-refractivity contribution in [3.8, 4) is 0 Å². The topological polar surface area (TPSA) is 89.2 Å². The Bertz CT molecular complexity index is 353. The molecule has 14 heavy (non-hydrogen) atoms. The molecule has 1 rings (SSSR count). The Labute approximate surface area is 130 Å². The first kappa shape index (κ1) is 17.7. The van der Waals surface area contributed by atoms with Gasteiger partial charge in [-0.3, -0.25) is 0 Å². The summed E-state index contributed by atoms with van der Waals surface area (Å²) in [6.45, 7) is 1.74. The molecule has 4 nitrogen and oxygen atoms in total. The third kappa shape index (κ3) is 4.88. The zero-order chi connectivity index (χ0) is 9.35. The van der Waals surface area contributed by atoms with Crippen molar-refractivity contribution in [2.45, 2.75) is 6.92 Å². The first-order valence-electron chi connectivity index (χ1n) is 3.30. The monoisotopic (exact) mass is 275 g/mol. The van der Waals surface area contributed by atoms with Crippen molar-refractivity contribution >= 4 is 24.2 Å². The molecular formula is C7H8AsNNa2O3. The van der Waals surface area contributed by atoms with E-state index >= 15 is 0 Å². The Kier molecular flexibility index (Phi) is 8.58. The summed E-state index contributed by atoms with van der Waals surface area (Å²) in [6.07, 6.45) is 0. The molecule has 0 aliphatic carbocycles. The fourth-order valence-corrected chi connectivity index (χ4v) is 1.96. The van der Waals surface area contributed by atoms with Crippen LogP contribution in [-0.4, -0.2) is 14.2 Å². The minimum Gasteiger partial charge on any atom is 1.00 e. The van der Waals surface area contributed by atoms with E-state index in [-0.39, 0.29) is 63.5 Å². The summed E-state index contributed by atoms with van der Waals surface area (Å²) in [6, 6.07) is 4.01. The molecule has 0 fully saturated rings. The van der Waals surface area contributed by atoms with Gasteiger partial charge in [0.15, 0.2) is 0 Å². The zero-order valence-electron chi connectivity index (χ0n) is 8.48. The predicted molar refractivity (Wildman–Crippen MR) is 41.7 cm³/mol. The van der Waals surface area contributed by atoms with Crippen LogP contribution in [0.5, 0.6) is 0 Å². The van der Waals surface area contributed by atoms with Gasteiger partial charge < -0.3 is 0 Å². The second-order valence-corrected chi connectivity index (χ2v) is 5.71. The number of nitrogens with two attached hydrogens (primary N) is 1. The molecule has 7 heteroatoms. The van der Waals surface area contributed by atoms with Gasteiger partial charge >= 0.3 is 132 Å². The van der Waals surface area contributed by atoms with Gasteiger partial charge in [0.2, 0.25) is 0 Å². The molecule has 0 aromatic heterocycles. The third-order valence-corrected chi connectivity index (χ3v) is 3.49. The van der Waals surface area contributed by atoms with Crippen LogP contribution >= 0.6 is 0 Å². The van der Waals surface area contributed by atoms with E-state index in [1.807, 2.05) is 0 Å². The number of anilines is 1. The molecule has 66 valence electrons. The first-order chi connectivity index (χ1) is 5.41. The number of nitrogen functional groups attached to an aromatic ring is 1. The maximum atomic E-state index is 10.6. The largest absolute Gasteiger partial charge is 1.00 e. The van der Waals surface area contributed by atoms with Gasteiger partial charge in [-0.2, -0.15) is 0 Å². The van der Waals surface area contributed by atoms with Crippen LogP contribution in [0.1, 0.15) is 5.56 Å². The molecule has 0 radical (unpaired) electrons. The van der Waals surface area contributed by atoms with Crippen LogP contribution < -0.4 is 77.4 Å². The Hall–Kier alpha value is 1.30. The minimum absolute atomic E-state index is 0. The molecule has 0 saturated carbocycles. The van der Waals surface area contributed by atoms with E-state index in [0.717, 1.165) is 5.56 Å². The van der Waals surface area contributed by atoms with Crippen molar-refractivity contribution < 1.29 is 71.0 Å². The van der Waals surface area contributed by atoms with Crippen LogP contribution in [0.15, 0.2) is 18.2 Å². The zero-order valence-corrected chi connectivity index (χ0v) is 14.4. The van der Waals surface area contributed by atoms with Gasteiger partial charge in [-0.1, -0.05) is 0 Å². The summed E-state index contributed by atoms with van der Waals surface area (Å²) in [5, 5.41) is 0. The predicted octanol–water partition coefficient (Wildman–Crippen LogP) is -8.12. The standard InChI is InChI=1S/C7H10AsNO3.2Na/c1-5-2-3-6(4-7(5)9)8(10,11)12;;/h2-4H,9H2,1H3,(H2,10,11,12);;/q;2*+1/p-2. The van der Waals surface area contributed by atoms with Crippen LogP contribution in [-0.2, 0) is 3.74 Å². The van der Waals surface area contributed by atoms with Crippen molar-refractivity contribution in [1.29, 1.82) is 0 Å². The van der Waals surface area contributed by atoms with Crippen molar-refractivity contribution in [1.82, 2.24) is 0 Å². The molecule has 1 aromatic carbocycles. The molecule has 0 spiro atoms. The normalized spacial score (nSPS) is 9.93. The Balaban J connectivity index is 0. The Morgan fingerprint density at radius 3 is 2.14 bits per heavy atom. The molecule has 0 atom stereocenters. The van der Waals surface area contributed by atoms with E-state index in [9.17, 15) is 11.9 Å². The first-order valence-corrected chi connectivity index (χ1v) is 6.53. The summed E-state index contributed by atoms with van der Waals surface area (Å²) in [7, 11) is 0. The van der Waals surface area contributed by atoms with Crippen LogP contribution in [0.2, 0.25) is 0 Å². The van der Waals surface area contributed by atoms with E-state index in [1.54, 1.807) is 6.92 Å². The van der Waals surface area contributed by atoms with Crippen molar-refractivity contribution in [2.75, 3.05) is 5.73 Å². The van der Waals surface area contributed by atoms with Crippen LogP contribution in [0, 0.1) is 6.92 Å². The molecule has 0 unspecified atom stereocenters. The smallest absolute Gasteiger partial charge is 1.00 e. The van der Waals surface area contributed by atoms with E-state index in [4.69, 9.17) is 5.73 Å². The summed E-state index contributed by atoms with van der Waals surface area (Å²) >= 11 is -5.24. The van der Waals surface area contributed by atoms with Crippen LogP contribution in [0.25, 0.3) is 0 Å².